The predicted octanol–water partition coefficient (Wildman–Crippen LogP) is 2.63. The van der Waals surface area contributed by atoms with E-state index >= 15 is 0 Å². The van der Waals surface area contributed by atoms with Gasteiger partial charge in [-0.3, -0.25) is 0 Å². The monoisotopic (exact) mass is 303 g/mol. The number of fused-ring (bicyclic) bond motifs is 1. The Bertz CT molecular complexity index is 640. The van der Waals surface area contributed by atoms with E-state index in [1.165, 1.54) is 0 Å². The highest BCUT2D eigenvalue weighted by Gasteiger charge is 2.69. The molecule has 1 aliphatic heterocycles. The van der Waals surface area contributed by atoms with E-state index in [0.29, 0.717) is 24.5 Å². The molecule has 0 bridgehead atoms. The third kappa shape index (κ3) is 2.25. The molecule has 6 nitrogen and oxygen atoms in total. The Labute approximate surface area is 130 Å². The van der Waals surface area contributed by atoms with Crippen LogP contribution in [0.5, 0.6) is 0 Å². The molecule has 0 radical (unpaired) electrons. The molecule has 0 spiro atoms. The van der Waals surface area contributed by atoms with Gasteiger partial charge in [-0.1, -0.05) is 5.16 Å². The van der Waals surface area contributed by atoms with Crippen molar-refractivity contribution in [2.75, 3.05) is 13.1 Å². The number of aryl methyl sites for hydroxylation is 1. The minimum Gasteiger partial charge on any atom is -0.444 e. The van der Waals surface area contributed by atoms with Crippen molar-refractivity contribution in [1.82, 2.24) is 10.1 Å². The maximum absolute atomic E-state index is 12.2. The van der Waals surface area contributed by atoms with E-state index in [-0.39, 0.29) is 17.9 Å². The van der Waals surface area contributed by atoms with E-state index in [1.54, 1.807) is 4.90 Å². The molecule has 0 unspecified atom stereocenters. The molecule has 0 aromatic carbocycles. The summed E-state index contributed by atoms with van der Waals surface area (Å²) in [5, 5.41) is 13.7. The summed E-state index contributed by atoms with van der Waals surface area (Å²) in [4.78, 5) is 13.9. The summed E-state index contributed by atoms with van der Waals surface area (Å²) in [6.07, 6.45) is 0.490. The lowest BCUT2D eigenvalue weighted by Crippen LogP contribution is -2.40. The largest absolute Gasteiger partial charge is 0.444 e. The van der Waals surface area contributed by atoms with Crippen LogP contribution in [0.3, 0.4) is 0 Å². The Hall–Kier alpha value is -2.03. The minimum atomic E-state index is -0.603. The van der Waals surface area contributed by atoms with Gasteiger partial charge < -0.3 is 14.2 Å². The van der Waals surface area contributed by atoms with Crippen LogP contribution in [0, 0.1) is 30.1 Å². The molecular formula is C16H21N3O3. The summed E-state index contributed by atoms with van der Waals surface area (Å²) in [6, 6.07) is 4.26. The van der Waals surface area contributed by atoms with Crippen LogP contribution in [0.15, 0.2) is 10.6 Å². The predicted molar refractivity (Wildman–Crippen MR) is 77.9 cm³/mol. The number of nitriles is 1. The lowest BCUT2D eigenvalue weighted by atomic mass is 9.98. The number of carbonyl (C=O) groups excluding carboxylic acids is 1. The van der Waals surface area contributed by atoms with Crippen molar-refractivity contribution >= 4 is 6.09 Å². The van der Waals surface area contributed by atoms with Crippen LogP contribution in [0.25, 0.3) is 0 Å². The molecule has 1 aromatic rings. The first-order valence-corrected chi connectivity index (χ1v) is 7.61. The van der Waals surface area contributed by atoms with E-state index in [9.17, 15) is 10.1 Å². The van der Waals surface area contributed by atoms with Gasteiger partial charge in [0.15, 0.2) is 0 Å². The first-order valence-electron chi connectivity index (χ1n) is 7.61. The molecule has 2 fully saturated rings. The summed E-state index contributed by atoms with van der Waals surface area (Å²) >= 11 is 0. The fourth-order valence-electron chi connectivity index (χ4n) is 3.52. The van der Waals surface area contributed by atoms with Crippen LogP contribution in [-0.4, -0.2) is 34.8 Å². The van der Waals surface area contributed by atoms with Gasteiger partial charge in [-0.2, -0.15) is 5.26 Å². The average molecular weight is 303 g/mol. The lowest BCUT2D eigenvalue weighted by molar-refractivity contribution is 0.0207. The highest BCUT2D eigenvalue weighted by atomic mass is 16.6. The van der Waals surface area contributed by atoms with E-state index in [1.807, 2.05) is 33.8 Å². The highest BCUT2D eigenvalue weighted by Crippen LogP contribution is 2.62. The van der Waals surface area contributed by atoms with Gasteiger partial charge in [0.1, 0.15) is 22.5 Å². The van der Waals surface area contributed by atoms with E-state index < -0.39 is 11.0 Å². The Morgan fingerprint density at radius 2 is 2.27 bits per heavy atom. The smallest absolute Gasteiger partial charge is 0.410 e. The van der Waals surface area contributed by atoms with Crippen LogP contribution in [0.2, 0.25) is 0 Å². The van der Waals surface area contributed by atoms with Gasteiger partial charge in [0.05, 0.1) is 6.07 Å². The van der Waals surface area contributed by atoms with E-state index in [0.717, 1.165) is 6.42 Å². The standard InChI is InChI=1S/C16H21N3O3/c1-10-7-13(18-22-10)16(9-17)11-5-6-19(8-12(11)16)14(20)21-15(2,3)4/h7,11-12H,5-6,8H2,1-4H3/t11-,12+,16+/m1/s1. The zero-order chi connectivity index (χ0) is 16.1. The molecule has 3 rings (SSSR count). The fraction of sp³-hybridized carbons (Fsp3) is 0.688. The van der Waals surface area contributed by atoms with Gasteiger partial charge >= 0.3 is 6.09 Å². The SMILES string of the molecule is Cc1cc([C@@]2(C#N)[C@@H]3CCN(C(=O)OC(C)(C)C)C[C@@H]32)no1. The number of rotatable bonds is 1. The summed E-state index contributed by atoms with van der Waals surface area (Å²) in [5.41, 5.74) is -0.407. The molecule has 1 saturated carbocycles. The zero-order valence-electron chi connectivity index (χ0n) is 13.4. The third-order valence-electron chi connectivity index (χ3n) is 4.56. The third-order valence-corrected chi connectivity index (χ3v) is 4.56. The Kier molecular flexibility index (Phi) is 3.20. The number of hydrogen-bond acceptors (Lipinski definition) is 5. The van der Waals surface area contributed by atoms with Crippen LogP contribution in [-0.2, 0) is 10.2 Å². The lowest BCUT2D eigenvalue weighted by Gasteiger charge is -2.29. The summed E-state index contributed by atoms with van der Waals surface area (Å²) < 4.78 is 10.6. The van der Waals surface area contributed by atoms with Gasteiger partial charge in [0.2, 0.25) is 0 Å². The van der Waals surface area contributed by atoms with Crippen LogP contribution in [0.4, 0.5) is 4.79 Å². The normalized spacial score (nSPS) is 30.4. The first-order chi connectivity index (χ1) is 10.3. The topological polar surface area (TPSA) is 79.4 Å². The van der Waals surface area contributed by atoms with Crippen LogP contribution >= 0.6 is 0 Å². The van der Waals surface area contributed by atoms with Gasteiger partial charge in [0.25, 0.3) is 0 Å². The summed E-state index contributed by atoms with van der Waals surface area (Å²) in [6.45, 7) is 8.54. The zero-order valence-corrected chi connectivity index (χ0v) is 13.4. The summed E-state index contributed by atoms with van der Waals surface area (Å²) in [5.74, 6) is 1.07. The first kappa shape index (κ1) is 14.9. The molecule has 1 amide bonds. The second kappa shape index (κ2) is 4.73. The second-order valence-electron chi connectivity index (χ2n) is 7.23. The molecule has 1 aliphatic carbocycles. The van der Waals surface area contributed by atoms with Crippen molar-refractivity contribution in [3.8, 4) is 6.07 Å². The van der Waals surface area contributed by atoms with E-state index in [4.69, 9.17) is 9.26 Å². The second-order valence-corrected chi connectivity index (χ2v) is 7.23. The average Bonchev–Trinajstić information content (AvgIpc) is 2.89. The molecule has 3 atom stereocenters. The number of aromatic nitrogens is 1. The quantitative estimate of drug-likeness (QED) is 0.796. The van der Waals surface area contributed by atoms with Crippen molar-refractivity contribution in [2.24, 2.45) is 11.8 Å². The molecule has 6 heteroatoms. The number of piperidine rings is 1. The number of nitrogens with zero attached hydrogens (tertiary/aromatic N) is 3. The van der Waals surface area contributed by atoms with Gasteiger partial charge in [-0.05, 0) is 40.0 Å². The van der Waals surface area contributed by atoms with Crippen molar-refractivity contribution in [3.05, 3.63) is 17.5 Å². The molecule has 2 aliphatic rings. The molecule has 1 saturated heterocycles. The molecule has 1 aromatic heterocycles. The number of hydrogen-bond donors (Lipinski definition) is 0. The highest BCUT2D eigenvalue weighted by molar-refractivity contribution is 5.68. The summed E-state index contributed by atoms with van der Waals surface area (Å²) in [7, 11) is 0. The fourth-order valence-corrected chi connectivity index (χ4v) is 3.52. The number of amides is 1. The van der Waals surface area contributed by atoms with Crippen molar-refractivity contribution < 1.29 is 14.1 Å². The van der Waals surface area contributed by atoms with E-state index in [2.05, 4.69) is 11.2 Å². The molecule has 22 heavy (non-hydrogen) atoms. The van der Waals surface area contributed by atoms with Crippen molar-refractivity contribution in [2.45, 2.75) is 45.1 Å². The number of likely N-dealkylation sites (tertiary alicyclic amines) is 1. The van der Waals surface area contributed by atoms with Gasteiger partial charge in [0, 0.05) is 25.1 Å². The van der Waals surface area contributed by atoms with Crippen LogP contribution in [0.1, 0.15) is 38.6 Å². The number of ether oxygens (including phenoxy) is 1. The maximum atomic E-state index is 12.2. The van der Waals surface area contributed by atoms with Gasteiger partial charge in [-0.15, -0.1) is 0 Å². The Morgan fingerprint density at radius 1 is 1.55 bits per heavy atom. The van der Waals surface area contributed by atoms with Crippen molar-refractivity contribution in [3.63, 3.8) is 0 Å². The van der Waals surface area contributed by atoms with Crippen molar-refractivity contribution in [1.29, 1.82) is 5.26 Å². The molecule has 0 N–H and O–H groups in total. The molecule has 118 valence electrons. The molecule has 2 heterocycles. The van der Waals surface area contributed by atoms with Gasteiger partial charge in [-0.25, -0.2) is 4.79 Å². The minimum absolute atomic E-state index is 0.114. The Balaban J connectivity index is 1.75. The Morgan fingerprint density at radius 3 is 2.82 bits per heavy atom. The number of carbonyl (C=O) groups is 1. The molecular weight excluding hydrogens is 282 g/mol. The van der Waals surface area contributed by atoms with Crippen LogP contribution < -0.4 is 0 Å². The maximum Gasteiger partial charge on any atom is 0.410 e.